The van der Waals surface area contributed by atoms with Gasteiger partial charge in [0.2, 0.25) is 5.91 Å². The van der Waals surface area contributed by atoms with Crippen molar-refractivity contribution in [2.75, 3.05) is 7.11 Å². The summed E-state index contributed by atoms with van der Waals surface area (Å²) in [6, 6.07) is 13.5. The number of ether oxygens (including phenoxy) is 1. The minimum absolute atomic E-state index is 0.249. The van der Waals surface area contributed by atoms with Gasteiger partial charge in [-0.15, -0.1) is 0 Å². The molecular weight excluding hydrogens is 383 g/mol. The zero-order valence-corrected chi connectivity index (χ0v) is 17.3. The van der Waals surface area contributed by atoms with Gasteiger partial charge in [0, 0.05) is 41.2 Å². The highest BCUT2D eigenvalue weighted by atomic mass is 19.1. The maximum atomic E-state index is 13.7. The van der Waals surface area contributed by atoms with E-state index < -0.39 is 23.7 Å². The number of halogens is 1. The molecule has 1 aromatic heterocycles. The molecule has 1 amide bonds. The van der Waals surface area contributed by atoms with Gasteiger partial charge in [0.25, 0.3) is 0 Å². The van der Waals surface area contributed by atoms with E-state index in [2.05, 4.69) is 23.7 Å². The predicted octanol–water partition coefficient (Wildman–Crippen LogP) is 4.28. The first-order valence-electron chi connectivity index (χ1n) is 9.80. The number of para-hydroxylation sites is 1. The fourth-order valence-electron chi connectivity index (χ4n) is 3.42. The van der Waals surface area contributed by atoms with Gasteiger partial charge >= 0.3 is 5.97 Å². The molecule has 6 heteroatoms. The molecule has 1 atom stereocenters. The first-order chi connectivity index (χ1) is 14.4. The van der Waals surface area contributed by atoms with Crippen LogP contribution in [0.1, 0.15) is 31.0 Å². The van der Waals surface area contributed by atoms with E-state index in [9.17, 15) is 14.0 Å². The highest BCUT2D eigenvalue weighted by molar-refractivity contribution is 5.95. The molecule has 3 aromatic rings. The number of esters is 1. The van der Waals surface area contributed by atoms with Crippen molar-refractivity contribution in [1.82, 2.24) is 9.88 Å². The van der Waals surface area contributed by atoms with Crippen molar-refractivity contribution in [1.29, 1.82) is 0 Å². The average molecular weight is 408 g/mol. The van der Waals surface area contributed by atoms with E-state index in [1.165, 1.54) is 25.3 Å². The second-order valence-corrected chi connectivity index (χ2v) is 7.32. The molecule has 5 nitrogen and oxygen atoms in total. The molecule has 0 unspecified atom stereocenters. The van der Waals surface area contributed by atoms with E-state index in [1.54, 1.807) is 18.2 Å². The summed E-state index contributed by atoms with van der Waals surface area (Å²) in [5.41, 5.74) is 2.30. The molecule has 1 heterocycles. The maximum Gasteiger partial charge on any atom is 0.328 e. The number of hydrogen-bond donors (Lipinski definition) is 1. The molecule has 2 aromatic carbocycles. The summed E-state index contributed by atoms with van der Waals surface area (Å²) in [5.74, 6) is -1.46. The van der Waals surface area contributed by atoms with Gasteiger partial charge in [-0.25, -0.2) is 9.18 Å². The lowest BCUT2D eigenvalue weighted by atomic mass is 10.0. The molecule has 1 N–H and O–H groups in total. The van der Waals surface area contributed by atoms with Crippen LogP contribution in [0, 0.1) is 5.82 Å². The smallest absolute Gasteiger partial charge is 0.328 e. The normalized spacial score (nSPS) is 12.4. The highest BCUT2D eigenvalue weighted by Crippen LogP contribution is 2.25. The first kappa shape index (κ1) is 21.3. The number of nitrogens with zero attached hydrogens (tertiary/aromatic N) is 1. The van der Waals surface area contributed by atoms with Crippen LogP contribution in [0.3, 0.4) is 0 Å². The Labute approximate surface area is 175 Å². The van der Waals surface area contributed by atoms with Crippen LogP contribution < -0.4 is 5.32 Å². The van der Waals surface area contributed by atoms with Crippen LogP contribution in [-0.4, -0.2) is 29.6 Å². The minimum atomic E-state index is -0.862. The molecular formula is C24H25FN2O3. The summed E-state index contributed by atoms with van der Waals surface area (Å²) in [7, 11) is 1.29. The van der Waals surface area contributed by atoms with Gasteiger partial charge < -0.3 is 14.6 Å². The number of hydrogen-bond acceptors (Lipinski definition) is 3. The fourth-order valence-corrected chi connectivity index (χ4v) is 3.42. The molecule has 30 heavy (non-hydrogen) atoms. The number of nitrogens with one attached hydrogen (secondary N) is 1. The zero-order valence-electron chi connectivity index (χ0n) is 17.3. The van der Waals surface area contributed by atoms with Crippen molar-refractivity contribution in [2.24, 2.45) is 0 Å². The number of benzene rings is 2. The second kappa shape index (κ2) is 9.39. The summed E-state index contributed by atoms with van der Waals surface area (Å²) >= 11 is 0. The number of carbonyl (C=O) groups excluding carboxylic acids is 2. The number of amides is 1. The molecule has 0 saturated carbocycles. The van der Waals surface area contributed by atoms with E-state index in [0.29, 0.717) is 5.56 Å². The third kappa shape index (κ3) is 4.76. The molecule has 0 bridgehead atoms. The molecule has 0 aliphatic rings. The Kier molecular flexibility index (Phi) is 6.67. The van der Waals surface area contributed by atoms with Crippen LogP contribution in [0.2, 0.25) is 0 Å². The van der Waals surface area contributed by atoms with E-state index in [-0.39, 0.29) is 12.5 Å². The van der Waals surface area contributed by atoms with Crippen LogP contribution in [0.15, 0.2) is 60.8 Å². The largest absolute Gasteiger partial charge is 0.467 e. The summed E-state index contributed by atoms with van der Waals surface area (Å²) in [4.78, 5) is 24.7. The van der Waals surface area contributed by atoms with E-state index in [1.807, 2.05) is 30.5 Å². The number of aromatic nitrogens is 1. The van der Waals surface area contributed by atoms with E-state index in [4.69, 9.17) is 4.74 Å². The third-order valence-electron chi connectivity index (χ3n) is 4.93. The Morgan fingerprint density at radius 2 is 1.83 bits per heavy atom. The lowest BCUT2D eigenvalue weighted by molar-refractivity contribution is -0.144. The van der Waals surface area contributed by atoms with Gasteiger partial charge in [0.15, 0.2) is 0 Å². The standard InChI is InChI=1S/C24H25FN2O3/c1-16(2)27-15-18(19-9-5-7-11-22(19)27)14-21(24(29)30-3)26-23(28)13-12-17-8-4-6-10-20(17)25/h4-13,15-16,21H,14H2,1-3H3,(H,26,28)/t21-/m0/s1. The highest BCUT2D eigenvalue weighted by Gasteiger charge is 2.23. The Balaban J connectivity index is 1.82. The van der Waals surface area contributed by atoms with Gasteiger partial charge in [-0.1, -0.05) is 36.4 Å². The van der Waals surface area contributed by atoms with Gasteiger partial charge in [-0.3, -0.25) is 4.79 Å². The molecule has 0 spiro atoms. The fraction of sp³-hybridized carbons (Fsp3) is 0.250. The van der Waals surface area contributed by atoms with Gasteiger partial charge in [0.05, 0.1) is 7.11 Å². The summed E-state index contributed by atoms with van der Waals surface area (Å²) in [6.07, 6.45) is 4.88. The second-order valence-electron chi connectivity index (χ2n) is 7.32. The van der Waals surface area contributed by atoms with Crippen LogP contribution >= 0.6 is 0 Å². The van der Waals surface area contributed by atoms with Gasteiger partial charge in [-0.05, 0) is 37.6 Å². The topological polar surface area (TPSA) is 60.3 Å². The molecule has 0 saturated heterocycles. The molecule has 156 valence electrons. The van der Waals surface area contributed by atoms with Gasteiger partial charge in [0.1, 0.15) is 11.9 Å². The van der Waals surface area contributed by atoms with Crippen molar-refractivity contribution in [2.45, 2.75) is 32.4 Å². The summed E-state index contributed by atoms with van der Waals surface area (Å²) in [5, 5.41) is 3.70. The lowest BCUT2D eigenvalue weighted by Gasteiger charge is -2.15. The van der Waals surface area contributed by atoms with Crippen LogP contribution in [0.4, 0.5) is 4.39 Å². The van der Waals surface area contributed by atoms with Crippen molar-refractivity contribution in [3.05, 3.63) is 77.7 Å². The summed E-state index contributed by atoms with van der Waals surface area (Å²) < 4.78 is 20.8. The van der Waals surface area contributed by atoms with Crippen LogP contribution in [0.25, 0.3) is 17.0 Å². The molecule has 0 radical (unpaired) electrons. The maximum absolute atomic E-state index is 13.7. The van der Waals surface area contributed by atoms with Crippen molar-refractivity contribution < 1.29 is 18.7 Å². The Morgan fingerprint density at radius 1 is 1.13 bits per heavy atom. The number of fused-ring (bicyclic) bond motifs is 1. The minimum Gasteiger partial charge on any atom is -0.467 e. The lowest BCUT2D eigenvalue weighted by Crippen LogP contribution is -2.42. The van der Waals surface area contributed by atoms with Crippen molar-refractivity contribution in [3.8, 4) is 0 Å². The monoisotopic (exact) mass is 408 g/mol. The first-order valence-corrected chi connectivity index (χ1v) is 9.80. The molecule has 0 aliphatic heterocycles. The summed E-state index contributed by atoms with van der Waals surface area (Å²) in [6.45, 7) is 4.17. The average Bonchev–Trinajstić information content (AvgIpc) is 3.11. The third-order valence-corrected chi connectivity index (χ3v) is 4.93. The Hall–Kier alpha value is -3.41. The Morgan fingerprint density at radius 3 is 2.53 bits per heavy atom. The van der Waals surface area contributed by atoms with E-state index >= 15 is 0 Å². The molecule has 3 rings (SSSR count). The SMILES string of the molecule is COC(=O)[C@H](Cc1cn(C(C)C)c2ccccc12)NC(=O)C=Cc1ccccc1F. The predicted molar refractivity (Wildman–Crippen MR) is 115 cm³/mol. The van der Waals surface area contributed by atoms with E-state index in [0.717, 1.165) is 16.5 Å². The molecule has 0 fully saturated rings. The Bertz CT molecular complexity index is 1080. The zero-order chi connectivity index (χ0) is 21.7. The van der Waals surface area contributed by atoms with Crippen LogP contribution in [-0.2, 0) is 20.7 Å². The van der Waals surface area contributed by atoms with Crippen molar-refractivity contribution >= 4 is 28.9 Å². The number of methoxy groups -OCH3 is 1. The van der Waals surface area contributed by atoms with Crippen molar-refractivity contribution in [3.63, 3.8) is 0 Å². The molecule has 0 aliphatic carbocycles. The van der Waals surface area contributed by atoms with Gasteiger partial charge in [-0.2, -0.15) is 0 Å². The quantitative estimate of drug-likeness (QED) is 0.469. The number of carbonyl (C=O) groups is 2. The van der Waals surface area contributed by atoms with Crippen LogP contribution in [0.5, 0.6) is 0 Å². The number of rotatable bonds is 7.